The van der Waals surface area contributed by atoms with Gasteiger partial charge in [0, 0.05) is 7.11 Å². The average Bonchev–Trinajstić information content (AvgIpc) is 2.31. The maximum atomic E-state index is 5.35. The number of methoxy groups -OCH3 is 1. The van der Waals surface area contributed by atoms with Crippen molar-refractivity contribution in [1.82, 2.24) is 0 Å². The molecule has 1 rings (SSSR count). The van der Waals surface area contributed by atoms with Gasteiger partial charge in [0.1, 0.15) is 6.61 Å². The molecule has 0 aliphatic rings. The summed E-state index contributed by atoms with van der Waals surface area (Å²) in [6, 6.07) is 9.91. The van der Waals surface area contributed by atoms with Crippen LogP contribution in [0.25, 0.3) is 0 Å². The van der Waals surface area contributed by atoms with Crippen LogP contribution < -0.4 is 0 Å². The second kappa shape index (κ2) is 6.62. The zero-order chi connectivity index (χ0) is 11.1. The first kappa shape index (κ1) is 12.3. The molecule has 2 atom stereocenters. The molecule has 0 aromatic heterocycles. The number of alkyl halides is 1. The largest absolute Gasteiger partial charge is 0.354 e. The fraction of sp³-hybridized carbons (Fsp3) is 0.333. The predicted molar refractivity (Wildman–Crippen MR) is 63.7 cm³/mol. The molecule has 0 heterocycles. The molecule has 2 nitrogen and oxygen atoms in total. The molecule has 0 spiro atoms. The second-order valence-electron chi connectivity index (χ2n) is 2.93. The zero-order valence-corrected chi connectivity index (χ0v) is 10.1. The van der Waals surface area contributed by atoms with E-state index in [4.69, 9.17) is 15.9 Å². The van der Waals surface area contributed by atoms with Gasteiger partial charge in [-0.15, -0.1) is 6.42 Å². The molecule has 2 unspecified atom stereocenters. The maximum absolute atomic E-state index is 5.35. The van der Waals surface area contributed by atoms with Crippen LogP contribution in [0.15, 0.2) is 30.3 Å². The molecular formula is C12H13BrO2. The van der Waals surface area contributed by atoms with Crippen molar-refractivity contribution in [1.29, 1.82) is 0 Å². The van der Waals surface area contributed by atoms with Crippen molar-refractivity contribution in [2.45, 2.75) is 11.1 Å². The standard InChI is InChI=1S/C12H13BrO2/c1-3-9-15-12(14-2)11(13)10-7-5-4-6-8-10/h1,4-8,11-12H,9H2,2H3. The zero-order valence-electron chi connectivity index (χ0n) is 8.52. The quantitative estimate of drug-likeness (QED) is 0.465. The molecule has 0 radical (unpaired) electrons. The van der Waals surface area contributed by atoms with E-state index >= 15 is 0 Å². The minimum absolute atomic E-state index is 0.0166. The highest BCUT2D eigenvalue weighted by molar-refractivity contribution is 9.09. The van der Waals surface area contributed by atoms with Crippen LogP contribution in [0.4, 0.5) is 0 Å². The third-order valence-electron chi connectivity index (χ3n) is 1.92. The Balaban J connectivity index is 2.65. The lowest BCUT2D eigenvalue weighted by Gasteiger charge is -2.20. The lowest BCUT2D eigenvalue weighted by Crippen LogP contribution is -2.20. The minimum atomic E-state index is -0.372. The summed E-state index contributed by atoms with van der Waals surface area (Å²) in [5.41, 5.74) is 1.10. The molecule has 0 saturated carbocycles. The van der Waals surface area contributed by atoms with Gasteiger partial charge in [0.15, 0.2) is 6.29 Å². The van der Waals surface area contributed by atoms with Crippen LogP contribution in [0.5, 0.6) is 0 Å². The number of hydrogen-bond acceptors (Lipinski definition) is 2. The van der Waals surface area contributed by atoms with E-state index in [0.29, 0.717) is 0 Å². The Bertz CT molecular complexity index is 318. The Kier molecular flexibility index (Phi) is 5.41. The summed E-state index contributed by atoms with van der Waals surface area (Å²) in [4.78, 5) is -0.0166. The van der Waals surface area contributed by atoms with E-state index in [1.54, 1.807) is 7.11 Å². The molecule has 0 bridgehead atoms. The third-order valence-corrected chi connectivity index (χ3v) is 2.88. The predicted octanol–water partition coefficient (Wildman–Crippen LogP) is 2.74. The normalized spacial score (nSPS) is 14.2. The van der Waals surface area contributed by atoms with Gasteiger partial charge in [-0.05, 0) is 5.56 Å². The molecule has 0 aliphatic carbocycles. The third kappa shape index (κ3) is 3.67. The molecule has 0 aliphatic heterocycles. The summed E-state index contributed by atoms with van der Waals surface area (Å²) in [5.74, 6) is 2.42. The van der Waals surface area contributed by atoms with E-state index in [1.165, 1.54) is 0 Å². The fourth-order valence-corrected chi connectivity index (χ4v) is 1.87. The minimum Gasteiger partial charge on any atom is -0.354 e. The highest BCUT2D eigenvalue weighted by atomic mass is 79.9. The van der Waals surface area contributed by atoms with Crippen molar-refractivity contribution < 1.29 is 9.47 Å². The van der Waals surface area contributed by atoms with E-state index in [2.05, 4.69) is 21.9 Å². The maximum Gasteiger partial charge on any atom is 0.174 e. The summed E-state index contributed by atoms with van der Waals surface area (Å²) >= 11 is 3.52. The fourth-order valence-electron chi connectivity index (χ4n) is 1.20. The van der Waals surface area contributed by atoms with Crippen LogP contribution in [0.1, 0.15) is 10.4 Å². The molecule has 0 N–H and O–H groups in total. The van der Waals surface area contributed by atoms with Crippen LogP contribution in [0.2, 0.25) is 0 Å². The first-order valence-corrected chi connectivity index (χ1v) is 5.48. The van der Waals surface area contributed by atoms with E-state index in [1.807, 2.05) is 30.3 Å². The summed E-state index contributed by atoms with van der Waals surface area (Å²) in [6.07, 6.45) is 4.75. The molecule has 0 saturated heterocycles. The van der Waals surface area contributed by atoms with Gasteiger partial charge < -0.3 is 9.47 Å². The lowest BCUT2D eigenvalue weighted by atomic mass is 10.1. The van der Waals surface area contributed by atoms with Gasteiger partial charge in [0.25, 0.3) is 0 Å². The van der Waals surface area contributed by atoms with Crippen molar-refractivity contribution in [3.63, 3.8) is 0 Å². The van der Waals surface area contributed by atoms with E-state index in [9.17, 15) is 0 Å². The Hall–Kier alpha value is -0.820. The summed E-state index contributed by atoms with van der Waals surface area (Å²) in [7, 11) is 1.60. The number of rotatable bonds is 5. The van der Waals surface area contributed by atoms with Crippen molar-refractivity contribution >= 4 is 15.9 Å². The SMILES string of the molecule is C#CCOC(OC)C(Br)c1ccccc1. The van der Waals surface area contributed by atoms with Crippen molar-refractivity contribution in [2.75, 3.05) is 13.7 Å². The van der Waals surface area contributed by atoms with Crippen LogP contribution in [-0.2, 0) is 9.47 Å². The molecule has 3 heteroatoms. The first-order valence-electron chi connectivity index (χ1n) is 4.56. The molecule has 1 aromatic rings. The molecule has 80 valence electrons. The van der Waals surface area contributed by atoms with Gasteiger partial charge >= 0.3 is 0 Å². The second-order valence-corrected chi connectivity index (χ2v) is 3.92. The number of benzene rings is 1. The monoisotopic (exact) mass is 268 g/mol. The molecule has 15 heavy (non-hydrogen) atoms. The average molecular weight is 269 g/mol. The molecule has 0 amide bonds. The Labute approximate surface area is 98.7 Å². The number of hydrogen-bond donors (Lipinski definition) is 0. The van der Waals surface area contributed by atoms with Crippen molar-refractivity contribution in [3.8, 4) is 12.3 Å². The van der Waals surface area contributed by atoms with Crippen LogP contribution >= 0.6 is 15.9 Å². The smallest absolute Gasteiger partial charge is 0.174 e. The highest BCUT2D eigenvalue weighted by Gasteiger charge is 2.20. The Morgan fingerprint density at radius 2 is 2.07 bits per heavy atom. The van der Waals surface area contributed by atoms with Gasteiger partial charge in [-0.2, -0.15) is 0 Å². The van der Waals surface area contributed by atoms with Crippen LogP contribution in [0.3, 0.4) is 0 Å². The molecule has 1 aromatic carbocycles. The number of halogens is 1. The van der Waals surface area contributed by atoms with Gasteiger partial charge in [-0.1, -0.05) is 52.2 Å². The van der Waals surface area contributed by atoms with E-state index < -0.39 is 0 Å². The molecule has 0 fully saturated rings. The lowest BCUT2D eigenvalue weighted by molar-refractivity contribution is -0.112. The Morgan fingerprint density at radius 3 is 2.60 bits per heavy atom. The van der Waals surface area contributed by atoms with Crippen molar-refractivity contribution in [3.05, 3.63) is 35.9 Å². The molecular weight excluding hydrogens is 256 g/mol. The van der Waals surface area contributed by atoms with Gasteiger partial charge in [-0.3, -0.25) is 0 Å². The van der Waals surface area contributed by atoms with Gasteiger partial charge in [-0.25, -0.2) is 0 Å². The van der Waals surface area contributed by atoms with Crippen LogP contribution in [-0.4, -0.2) is 20.0 Å². The summed E-state index contributed by atoms with van der Waals surface area (Å²) < 4.78 is 10.6. The van der Waals surface area contributed by atoms with Crippen molar-refractivity contribution in [2.24, 2.45) is 0 Å². The Morgan fingerprint density at radius 1 is 1.40 bits per heavy atom. The van der Waals surface area contributed by atoms with Gasteiger partial charge in [0.05, 0.1) is 4.83 Å². The highest BCUT2D eigenvalue weighted by Crippen LogP contribution is 2.28. The van der Waals surface area contributed by atoms with E-state index in [0.717, 1.165) is 5.56 Å². The summed E-state index contributed by atoms with van der Waals surface area (Å²) in [6.45, 7) is 0.243. The van der Waals surface area contributed by atoms with Gasteiger partial charge in [0.2, 0.25) is 0 Å². The summed E-state index contributed by atoms with van der Waals surface area (Å²) in [5, 5.41) is 0. The number of terminal acetylenes is 1. The van der Waals surface area contributed by atoms with E-state index in [-0.39, 0.29) is 17.7 Å². The topological polar surface area (TPSA) is 18.5 Å². The first-order chi connectivity index (χ1) is 7.29. The number of ether oxygens (including phenoxy) is 2. The van der Waals surface area contributed by atoms with Crippen LogP contribution in [0, 0.1) is 12.3 Å².